The van der Waals surface area contributed by atoms with Crippen molar-refractivity contribution in [3.8, 4) is 28.8 Å². The van der Waals surface area contributed by atoms with Crippen molar-refractivity contribution in [2.45, 2.75) is 33.1 Å². The molecule has 4 aromatic carbocycles. The summed E-state index contributed by atoms with van der Waals surface area (Å²) < 4.78 is 4.25. The Morgan fingerprint density at radius 1 is 0.717 bits per heavy atom. The van der Waals surface area contributed by atoms with E-state index < -0.39 is 0 Å². The molecule has 4 aromatic heterocycles. The largest absolute Gasteiger partial charge is 0.318 e. The minimum Gasteiger partial charge on any atom is -0.318 e. The second-order valence-electron chi connectivity index (χ2n) is 12.6. The first-order chi connectivity index (χ1) is 21.8. The molecule has 0 radical (unpaired) electrons. The molecule has 0 aliphatic rings. The fourth-order valence-corrected chi connectivity index (χ4v) is 6.58. The topological polar surface area (TPSA) is 59.4 Å². The van der Waals surface area contributed by atoms with Crippen molar-refractivity contribution in [2.24, 2.45) is 0 Å². The number of aryl methyl sites for hydroxylation is 1. The van der Waals surface area contributed by atoms with Gasteiger partial charge in [0.15, 0.2) is 5.65 Å². The first-order valence-electron chi connectivity index (χ1n) is 15.2. The van der Waals surface area contributed by atoms with Gasteiger partial charge in [0.25, 0.3) is 0 Å². The van der Waals surface area contributed by atoms with Gasteiger partial charge in [-0.1, -0.05) is 93.2 Å². The minimum absolute atomic E-state index is 0. The third-order valence-corrected chi connectivity index (χ3v) is 8.80. The van der Waals surface area contributed by atoms with Crippen LogP contribution in [0, 0.1) is 24.3 Å². The summed E-state index contributed by atoms with van der Waals surface area (Å²) in [6.45, 7) is 8.74. The van der Waals surface area contributed by atoms with Gasteiger partial charge in [0.05, 0.1) is 22.3 Å². The molecule has 5 nitrogen and oxygen atoms in total. The van der Waals surface area contributed by atoms with Crippen LogP contribution in [0.2, 0.25) is 0 Å². The molecule has 0 saturated carbocycles. The number of benzene rings is 4. The van der Waals surface area contributed by atoms with Crippen LogP contribution in [0.3, 0.4) is 0 Å². The van der Waals surface area contributed by atoms with Crippen molar-refractivity contribution >= 4 is 43.9 Å². The molecular formula is C40H30N5Pt-. The number of pyridine rings is 2. The van der Waals surface area contributed by atoms with Crippen LogP contribution >= 0.6 is 0 Å². The quantitative estimate of drug-likeness (QED) is 0.168. The van der Waals surface area contributed by atoms with Crippen molar-refractivity contribution in [3.05, 3.63) is 132 Å². The van der Waals surface area contributed by atoms with Gasteiger partial charge in [-0.15, -0.1) is 6.07 Å². The monoisotopic (exact) mass is 775 g/mol. The Morgan fingerprint density at radius 3 is 2.02 bits per heavy atom. The molecule has 0 aliphatic carbocycles. The van der Waals surface area contributed by atoms with Gasteiger partial charge in [0.2, 0.25) is 0 Å². The fraction of sp³-hybridized carbons (Fsp3) is 0.125. The summed E-state index contributed by atoms with van der Waals surface area (Å²) in [5, 5.41) is 14.5. The number of para-hydroxylation sites is 2. The van der Waals surface area contributed by atoms with Crippen LogP contribution in [0.1, 0.15) is 37.5 Å². The molecule has 4 heterocycles. The van der Waals surface area contributed by atoms with Gasteiger partial charge in [-0.25, -0.2) is 9.97 Å². The zero-order valence-electron chi connectivity index (χ0n) is 25.9. The Balaban J connectivity index is 0.00000338. The van der Waals surface area contributed by atoms with Crippen molar-refractivity contribution < 1.29 is 21.1 Å². The third kappa shape index (κ3) is 4.48. The van der Waals surface area contributed by atoms with Crippen molar-refractivity contribution in [1.29, 1.82) is 5.26 Å². The predicted octanol–water partition coefficient (Wildman–Crippen LogP) is 9.61. The molecule has 6 heteroatoms. The second-order valence-corrected chi connectivity index (χ2v) is 12.6. The van der Waals surface area contributed by atoms with Crippen LogP contribution < -0.4 is 0 Å². The summed E-state index contributed by atoms with van der Waals surface area (Å²) in [4.78, 5) is 10.6. The summed E-state index contributed by atoms with van der Waals surface area (Å²) in [6, 6.07) is 43.2. The summed E-state index contributed by atoms with van der Waals surface area (Å²) in [5.41, 5.74) is 9.17. The summed E-state index contributed by atoms with van der Waals surface area (Å²) in [5.74, 6) is 0.752. The van der Waals surface area contributed by atoms with E-state index in [4.69, 9.17) is 9.97 Å². The standard InChI is InChI=1S/C40H30N5.Pt/c1-25-13-5-6-16-28(25)32-19-12-22-35(42-32)45-34-21-10-8-18-30(34)37-31(24-41)36-29-17-7-9-20-33(29)44(38(36)43-39(37)45)27-15-11-14-26(23-27)40(2,3)4;/h5-14,16-23H,1-4H3;/q-1;. The first kappa shape index (κ1) is 29.7. The van der Waals surface area contributed by atoms with Gasteiger partial charge < -0.3 is 4.57 Å². The molecule has 0 saturated heterocycles. The van der Waals surface area contributed by atoms with Gasteiger partial charge in [0, 0.05) is 48.2 Å². The molecule has 0 aliphatic heterocycles. The van der Waals surface area contributed by atoms with Gasteiger partial charge in [-0.3, -0.25) is 4.57 Å². The number of rotatable bonds is 3. The number of fused-ring (bicyclic) bond motifs is 6. The maximum Gasteiger partial charge on any atom is 0.150 e. The van der Waals surface area contributed by atoms with E-state index in [1.54, 1.807) is 0 Å². The second kappa shape index (κ2) is 11.1. The van der Waals surface area contributed by atoms with Crippen LogP contribution in [0.25, 0.3) is 66.6 Å². The number of hydrogen-bond acceptors (Lipinski definition) is 3. The Bertz CT molecular complexity index is 2510. The fourth-order valence-electron chi connectivity index (χ4n) is 6.58. The van der Waals surface area contributed by atoms with E-state index in [9.17, 15) is 5.26 Å². The Hall–Kier alpha value is -5.04. The maximum absolute atomic E-state index is 10.9. The van der Waals surface area contributed by atoms with Crippen molar-refractivity contribution in [2.75, 3.05) is 0 Å². The number of nitriles is 1. The normalized spacial score (nSPS) is 11.7. The van der Waals surface area contributed by atoms with E-state index in [1.165, 1.54) is 5.56 Å². The average Bonchev–Trinajstić information content (AvgIpc) is 3.56. The molecule has 8 rings (SSSR count). The Labute approximate surface area is 282 Å². The molecule has 0 unspecified atom stereocenters. The van der Waals surface area contributed by atoms with E-state index >= 15 is 0 Å². The molecule has 0 bridgehead atoms. The SMILES string of the molecule is Cc1ccccc1-c1cccc(-n2c3ccccc3c3c(C#N)c4c5ccccc5n(-c5[c-]ccc(C(C)(C)C)c5)c4nc32)n1.[Pt]. The van der Waals surface area contributed by atoms with Gasteiger partial charge in [0.1, 0.15) is 17.5 Å². The van der Waals surface area contributed by atoms with Crippen LogP contribution in [0.5, 0.6) is 0 Å². The zero-order chi connectivity index (χ0) is 30.9. The van der Waals surface area contributed by atoms with Gasteiger partial charge in [-0.2, -0.15) is 29.0 Å². The molecule has 0 amide bonds. The molecule has 46 heavy (non-hydrogen) atoms. The molecule has 0 fully saturated rings. The van der Waals surface area contributed by atoms with E-state index in [1.807, 2.05) is 60.7 Å². The third-order valence-electron chi connectivity index (χ3n) is 8.80. The van der Waals surface area contributed by atoms with E-state index in [2.05, 4.69) is 97.5 Å². The van der Waals surface area contributed by atoms with Crippen molar-refractivity contribution in [3.63, 3.8) is 0 Å². The molecule has 226 valence electrons. The predicted molar refractivity (Wildman–Crippen MR) is 183 cm³/mol. The van der Waals surface area contributed by atoms with E-state index in [0.717, 1.165) is 66.6 Å². The minimum atomic E-state index is -0.0403. The van der Waals surface area contributed by atoms with Crippen molar-refractivity contribution in [1.82, 2.24) is 19.1 Å². The van der Waals surface area contributed by atoms with Gasteiger partial charge in [-0.05, 0) is 42.2 Å². The number of hydrogen-bond donors (Lipinski definition) is 0. The van der Waals surface area contributed by atoms with Crippen LogP contribution in [-0.4, -0.2) is 19.1 Å². The molecule has 0 atom stereocenters. The zero-order valence-corrected chi connectivity index (χ0v) is 28.2. The number of nitrogens with zero attached hydrogens (tertiary/aromatic N) is 5. The number of aromatic nitrogens is 4. The summed E-state index contributed by atoms with van der Waals surface area (Å²) >= 11 is 0. The summed E-state index contributed by atoms with van der Waals surface area (Å²) in [7, 11) is 0. The van der Waals surface area contributed by atoms with E-state index in [-0.39, 0.29) is 26.5 Å². The van der Waals surface area contributed by atoms with Crippen LogP contribution in [0.4, 0.5) is 0 Å². The molecular weight excluding hydrogens is 746 g/mol. The maximum atomic E-state index is 10.9. The van der Waals surface area contributed by atoms with Crippen LogP contribution in [0.15, 0.2) is 109 Å². The summed E-state index contributed by atoms with van der Waals surface area (Å²) in [6.07, 6.45) is 0. The van der Waals surface area contributed by atoms with E-state index in [0.29, 0.717) is 11.2 Å². The smallest absolute Gasteiger partial charge is 0.150 e. The Kier molecular flexibility index (Phi) is 7.15. The molecule has 0 spiro atoms. The van der Waals surface area contributed by atoms with Gasteiger partial charge >= 0.3 is 0 Å². The Morgan fingerprint density at radius 2 is 1.35 bits per heavy atom. The molecule has 8 aromatic rings. The average molecular weight is 776 g/mol. The molecule has 0 N–H and O–H groups in total. The first-order valence-corrected chi connectivity index (χ1v) is 15.2. The van der Waals surface area contributed by atoms with Crippen LogP contribution in [-0.2, 0) is 26.5 Å².